The van der Waals surface area contributed by atoms with E-state index in [1.807, 2.05) is 0 Å². The topological polar surface area (TPSA) is 34.0 Å². The van der Waals surface area contributed by atoms with E-state index in [9.17, 15) is 0 Å². The van der Waals surface area contributed by atoms with Gasteiger partial charge in [-0.1, -0.05) is 6.58 Å². The standard InChI is InChI=1S/C7H8N2O/c1-6-7(3-4-10-6)9-5-8-2/h3-5H,1H2,2H3/b8-5-,9-7-. The third-order valence-corrected chi connectivity index (χ3v) is 1.03. The predicted octanol–water partition coefficient (Wildman–Crippen LogP) is 1.14. The third kappa shape index (κ3) is 1.31. The molecule has 0 spiro atoms. The highest BCUT2D eigenvalue weighted by Crippen LogP contribution is 2.07. The van der Waals surface area contributed by atoms with Crippen LogP contribution < -0.4 is 0 Å². The number of ether oxygens (including phenoxy) is 1. The molecular formula is C7H8N2O. The lowest BCUT2D eigenvalue weighted by atomic mass is 10.3. The van der Waals surface area contributed by atoms with E-state index in [1.54, 1.807) is 19.4 Å². The van der Waals surface area contributed by atoms with E-state index in [1.165, 1.54) is 6.34 Å². The van der Waals surface area contributed by atoms with Crippen molar-refractivity contribution in [2.45, 2.75) is 0 Å². The molecule has 1 aliphatic rings. The SMILES string of the molecule is C=C1OC=C/C1=N/C=N\C. The van der Waals surface area contributed by atoms with E-state index in [-0.39, 0.29) is 0 Å². The second-order valence-electron chi connectivity index (χ2n) is 1.73. The number of hydrogen-bond acceptors (Lipinski definition) is 2. The van der Waals surface area contributed by atoms with Gasteiger partial charge in [0.25, 0.3) is 0 Å². The van der Waals surface area contributed by atoms with Crippen LogP contribution in [0.2, 0.25) is 0 Å². The third-order valence-electron chi connectivity index (χ3n) is 1.03. The number of rotatable bonds is 1. The summed E-state index contributed by atoms with van der Waals surface area (Å²) in [4.78, 5) is 7.63. The molecule has 0 fully saturated rings. The molecule has 0 amide bonds. The molecule has 0 N–H and O–H groups in total. The minimum absolute atomic E-state index is 0.569. The van der Waals surface area contributed by atoms with Crippen LogP contribution in [0.25, 0.3) is 0 Å². The van der Waals surface area contributed by atoms with Crippen LogP contribution in [-0.2, 0) is 4.74 Å². The Morgan fingerprint density at radius 2 is 2.50 bits per heavy atom. The fraction of sp³-hybridized carbons (Fsp3) is 0.143. The Morgan fingerprint density at radius 3 is 3.00 bits per heavy atom. The van der Waals surface area contributed by atoms with Crippen molar-refractivity contribution in [3.8, 4) is 0 Å². The molecule has 1 heterocycles. The fourth-order valence-electron chi connectivity index (χ4n) is 0.569. The average molecular weight is 136 g/mol. The molecule has 0 aromatic rings. The summed E-state index contributed by atoms with van der Waals surface area (Å²) in [6, 6.07) is 0. The minimum atomic E-state index is 0.569. The maximum absolute atomic E-state index is 4.90. The first-order chi connectivity index (χ1) is 4.84. The number of hydrogen-bond donors (Lipinski definition) is 0. The maximum Gasteiger partial charge on any atom is 0.145 e. The molecule has 52 valence electrons. The Bertz CT molecular complexity index is 226. The van der Waals surface area contributed by atoms with Crippen molar-refractivity contribution in [1.82, 2.24) is 0 Å². The second-order valence-corrected chi connectivity index (χ2v) is 1.73. The van der Waals surface area contributed by atoms with Gasteiger partial charge in [-0.3, -0.25) is 4.99 Å². The van der Waals surface area contributed by atoms with E-state index < -0.39 is 0 Å². The van der Waals surface area contributed by atoms with Crippen LogP contribution >= 0.6 is 0 Å². The maximum atomic E-state index is 4.90. The summed E-state index contributed by atoms with van der Waals surface area (Å²) in [5, 5.41) is 0. The average Bonchev–Trinajstić information content (AvgIpc) is 2.31. The molecule has 0 bridgehead atoms. The molecule has 0 aromatic carbocycles. The van der Waals surface area contributed by atoms with Gasteiger partial charge < -0.3 is 4.74 Å². The molecule has 1 aliphatic heterocycles. The first kappa shape index (κ1) is 6.74. The second kappa shape index (κ2) is 2.96. The van der Waals surface area contributed by atoms with E-state index in [2.05, 4.69) is 16.6 Å². The smallest absolute Gasteiger partial charge is 0.145 e. The van der Waals surface area contributed by atoms with Gasteiger partial charge in [0.1, 0.15) is 17.8 Å². The molecule has 0 aromatic heterocycles. The molecule has 0 atom stereocenters. The number of allylic oxidation sites excluding steroid dienone is 1. The van der Waals surface area contributed by atoms with Gasteiger partial charge in [0.05, 0.1) is 6.26 Å². The van der Waals surface area contributed by atoms with Crippen molar-refractivity contribution in [1.29, 1.82) is 0 Å². The molecule has 1 rings (SSSR count). The Morgan fingerprint density at radius 1 is 1.70 bits per heavy atom. The number of nitrogens with zero attached hydrogens (tertiary/aromatic N) is 2. The van der Waals surface area contributed by atoms with Crippen molar-refractivity contribution < 1.29 is 4.74 Å². The Labute approximate surface area is 59.4 Å². The van der Waals surface area contributed by atoms with Crippen LogP contribution in [-0.4, -0.2) is 19.1 Å². The zero-order chi connectivity index (χ0) is 7.40. The van der Waals surface area contributed by atoms with Gasteiger partial charge in [-0.15, -0.1) is 0 Å². The zero-order valence-electron chi connectivity index (χ0n) is 5.74. The van der Waals surface area contributed by atoms with Gasteiger partial charge in [-0.2, -0.15) is 0 Å². The monoisotopic (exact) mass is 136 g/mol. The van der Waals surface area contributed by atoms with Gasteiger partial charge in [-0.05, 0) is 0 Å². The predicted molar refractivity (Wildman–Crippen MR) is 41.2 cm³/mol. The van der Waals surface area contributed by atoms with Gasteiger partial charge >= 0.3 is 0 Å². The van der Waals surface area contributed by atoms with Crippen molar-refractivity contribution in [2.24, 2.45) is 9.98 Å². The largest absolute Gasteiger partial charge is 0.463 e. The van der Waals surface area contributed by atoms with Crippen LogP contribution in [0.5, 0.6) is 0 Å². The normalized spacial score (nSPS) is 20.9. The fourth-order valence-corrected chi connectivity index (χ4v) is 0.569. The summed E-state index contributed by atoms with van der Waals surface area (Å²) >= 11 is 0. The molecule has 10 heavy (non-hydrogen) atoms. The lowest BCUT2D eigenvalue weighted by Gasteiger charge is -1.91. The highest BCUT2D eigenvalue weighted by atomic mass is 16.5. The highest BCUT2D eigenvalue weighted by molar-refractivity contribution is 6.10. The summed E-state index contributed by atoms with van der Waals surface area (Å²) in [5.74, 6) is 0.569. The van der Waals surface area contributed by atoms with Crippen molar-refractivity contribution in [3.05, 3.63) is 24.7 Å². The first-order valence-electron chi connectivity index (χ1n) is 2.85. The Kier molecular flexibility index (Phi) is 1.99. The molecule has 0 aliphatic carbocycles. The summed E-state index contributed by atoms with van der Waals surface area (Å²) in [6.45, 7) is 3.61. The van der Waals surface area contributed by atoms with E-state index in [0.717, 1.165) is 5.71 Å². The summed E-state index contributed by atoms with van der Waals surface area (Å²) < 4.78 is 4.90. The van der Waals surface area contributed by atoms with Crippen LogP contribution in [0.4, 0.5) is 0 Å². The van der Waals surface area contributed by atoms with Crippen molar-refractivity contribution in [2.75, 3.05) is 7.05 Å². The zero-order valence-corrected chi connectivity index (χ0v) is 5.74. The van der Waals surface area contributed by atoms with Crippen LogP contribution in [0.15, 0.2) is 34.7 Å². The lowest BCUT2D eigenvalue weighted by molar-refractivity contribution is 0.392. The Hall–Kier alpha value is -1.38. The first-order valence-corrected chi connectivity index (χ1v) is 2.85. The molecule has 0 radical (unpaired) electrons. The van der Waals surface area contributed by atoms with Crippen LogP contribution in [0, 0.1) is 0 Å². The van der Waals surface area contributed by atoms with Crippen molar-refractivity contribution >= 4 is 12.1 Å². The molecule has 0 saturated heterocycles. The highest BCUT2D eigenvalue weighted by Gasteiger charge is 2.05. The quantitative estimate of drug-likeness (QED) is 0.393. The van der Waals surface area contributed by atoms with Gasteiger partial charge in [0, 0.05) is 13.1 Å². The molecule has 0 unspecified atom stereocenters. The Balaban J connectivity index is 2.72. The summed E-state index contributed by atoms with van der Waals surface area (Å²) in [6.07, 6.45) is 4.74. The molecule has 0 saturated carbocycles. The van der Waals surface area contributed by atoms with Gasteiger partial charge in [-0.25, -0.2) is 4.99 Å². The van der Waals surface area contributed by atoms with E-state index >= 15 is 0 Å². The molecular weight excluding hydrogens is 128 g/mol. The lowest BCUT2D eigenvalue weighted by Crippen LogP contribution is -1.92. The van der Waals surface area contributed by atoms with Crippen molar-refractivity contribution in [3.63, 3.8) is 0 Å². The minimum Gasteiger partial charge on any atom is -0.463 e. The summed E-state index contributed by atoms with van der Waals surface area (Å²) in [7, 11) is 1.66. The summed E-state index contributed by atoms with van der Waals surface area (Å²) in [5.41, 5.74) is 0.727. The van der Waals surface area contributed by atoms with E-state index in [0.29, 0.717) is 5.76 Å². The molecule has 3 heteroatoms. The van der Waals surface area contributed by atoms with E-state index in [4.69, 9.17) is 4.74 Å². The molecule has 3 nitrogen and oxygen atoms in total. The number of aliphatic imine (C=N–C) groups is 2. The van der Waals surface area contributed by atoms with Gasteiger partial charge in [0.15, 0.2) is 0 Å². The van der Waals surface area contributed by atoms with Crippen LogP contribution in [0.1, 0.15) is 0 Å². The van der Waals surface area contributed by atoms with Crippen LogP contribution in [0.3, 0.4) is 0 Å². The van der Waals surface area contributed by atoms with Gasteiger partial charge in [0.2, 0.25) is 0 Å².